The molecule has 0 amide bonds. The van der Waals surface area contributed by atoms with Crippen LogP contribution >= 0.6 is 0 Å². The van der Waals surface area contributed by atoms with E-state index in [2.05, 4.69) is 6.92 Å². The predicted octanol–water partition coefficient (Wildman–Crippen LogP) is 4.15. The van der Waals surface area contributed by atoms with Gasteiger partial charge in [-0.2, -0.15) is 0 Å². The first kappa shape index (κ1) is 13.7. The van der Waals surface area contributed by atoms with Crippen molar-refractivity contribution in [2.45, 2.75) is 64.3 Å². The van der Waals surface area contributed by atoms with Gasteiger partial charge in [-0.25, -0.2) is 0 Å². The second kappa shape index (κ2) is 6.98. The van der Waals surface area contributed by atoms with E-state index in [4.69, 9.17) is 10.2 Å². The van der Waals surface area contributed by atoms with Gasteiger partial charge in [-0.15, -0.1) is 0 Å². The molecule has 1 unspecified atom stereocenters. The van der Waals surface area contributed by atoms with Crippen molar-refractivity contribution in [3.63, 3.8) is 0 Å². The minimum absolute atomic E-state index is 0.315. The molecule has 0 aromatic carbocycles. The summed E-state index contributed by atoms with van der Waals surface area (Å²) in [5, 5.41) is 0. The molecule has 1 atom stereocenters. The Bertz CT molecular complexity index is 312. The highest BCUT2D eigenvalue weighted by atomic mass is 16.3. The lowest BCUT2D eigenvalue weighted by molar-refractivity contribution is 0.230. The Morgan fingerprint density at radius 1 is 1.33 bits per heavy atom. The molecule has 0 spiro atoms. The number of furan rings is 1. The van der Waals surface area contributed by atoms with Crippen molar-refractivity contribution in [3.8, 4) is 0 Å². The lowest BCUT2D eigenvalue weighted by atomic mass is 9.76. The van der Waals surface area contributed by atoms with E-state index in [1.54, 1.807) is 6.26 Å². The van der Waals surface area contributed by atoms with Crippen LogP contribution in [-0.2, 0) is 6.42 Å². The molecule has 1 saturated carbocycles. The number of rotatable bonds is 6. The number of hydrogen-bond acceptors (Lipinski definition) is 2. The number of hydrogen-bond donors (Lipinski definition) is 1. The molecule has 1 aliphatic rings. The molecule has 1 aromatic heterocycles. The topological polar surface area (TPSA) is 39.2 Å². The predicted molar refractivity (Wildman–Crippen MR) is 75.4 cm³/mol. The second-order valence-corrected chi connectivity index (χ2v) is 5.92. The Morgan fingerprint density at radius 3 is 2.72 bits per heavy atom. The molecule has 0 aliphatic heterocycles. The smallest absolute Gasteiger partial charge is 0.0935 e. The van der Waals surface area contributed by atoms with E-state index in [1.807, 2.05) is 12.3 Å². The third-order valence-corrected chi connectivity index (χ3v) is 4.51. The van der Waals surface area contributed by atoms with Crippen LogP contribution in [0.3, 0.4) is 0 Å². The third kappa shape index (κ3) is 3.88. The van der Waals surface area contributed by atoms with E-state index in [0.717, 1.165) is 18.3 Å². The Labute approximate surface area is 111 Å². The first-order valence-corrected chi connectivity index (χ1v) is 7.56. The first-order valence-electron chi connectivity index (χ1n) is 7.56. The van der Waals surface area contributed by atoms with Crippen LogP contribution in [0.5, 0.6) is 0 Å². The van der Waals surface area contributed by atoms with E-state index in [9.17, 15) is 0 Å². The number of unbranched alkanes of at least 4 members (excludes halogenated alkanes) is 1. The standard InChI is InChI=1S/C16H27NO/c1-2-3-4-13-5-7-15(8-6-13)16(17)11-14-9-10-18-12-14/h9-10,12-13,15-16H,2-8,11,17H2,1H3. The van der Waals surface area contributed by atoms with Crippen LogP contribution in [-0.4, -0.2) is 6.04 Å². The van der Waals surface area contributed by atoms with Gasteiger partial charge in [0.2, 0.25) is 0 Å². The Kier molecular flexibility index (Phi) is 5.30. The lowest BCUT2D eigenvalue weighted by Crippen LogP contribution is -2.34. The molecule has 1 fully saturated rings. The maximum Gasteiger partial charge on any atom is 0.0935 e. The van der Waals surface area contributed by atoms with Crippen molar-refractivity contribution >= 4 is 0 Å². The van der Waals surface area contributed by atoms with Gasteiger partial charge < -0.3 is 10.2 Å². The Hall–Kier alpha value is -0.760. The zero-order valence-electron chi connectivity index (χ0n) is 11.6. The molecule has 0 radical (unpaired) electrons. The molecule has 2 heteroatoms. The van der Waals surface area contributed by atoms with Crippen LogP contribution in [0.2, 0.25) is 0 Å². The molecular weight excluding hydrogens is 222 g/mol. The highest BCUT2D eigenvalue weighted by Gasteiger charge is 2.25. The van der Waals surface area contributed by atoms with Gasteiger partial charge in [0.1, 0.15) is 0 Å². The van der Waals surface area contributed by atoms with Crippen LogP contribution in [0.25, 0.3) is 0 Å². The van der Waals surface area contributed by atoms with E-state index in [1.165, 1.54) is 50.5 Å². The lowest BCUT2D eigenvalue weighted by Gasteiger charge is -2.32. The largest absolute Gasteiger partial charge is 0.472 e. The fourth-order valence-electron chi connectivity index (χ4n) is 3.25. The van der Waals surface area contributed by atoms with Gasteiger partial charge in [-0.05, 0) is 42.7 Å². The Balaban J connectivity index is 1.72. The molecule has 1 heterocycles. The molecule has 1 aliphatic carbocycles. The molecule has 1 aromatic rings. The van der Waals surface area contributed by atoms with Gasteiger partial charge in [0.25, 0.3) is 0 Å². The van der Waals surface area contributed by atoms with Crippen LogP contribution in [0.4, 0.5) is 0 Å². The van der Waals surface area contributed by atoms with Crippen molar-refractivity contribution in [3.05, 3.63) is 24.2 Å². The van der Waals surface area contributed by atoms with Crippen molar-refractivity contribution in [2.75, 3.05) is 0 Å². The minimum Gasteiger partial charge on any atom is -0.472 e. The third-order valence-electron chi connectivity index (χ3n) is 4.51. The van der Waals surface area contributed by atoms with Crippen LogP contribution in [0.15, 0.2) is 23.0 Å². The maximum absolute atomic E-state index is 6.34. The van der Waals surface area contributed by atoms with Crippen LogP contribution in [0, 0.1) is 11.8 Å². The van der Waals surface area contributed by atoms with Crippen molar-refractivity contribution in [2.24, 2.45) is 17.6 Å². The summed E-state index contributed by atoms with van der Waals surface area (Å²) >= 11 is 0. The molecule has 18 heavy (non-hydrogen) atoms. The summed E-state index contributed by atoms with van der Waals surface area (Å²) < 4.78 is 5.11. The van der Waals surface area contributed by atoms with Crippen molar-refractivity contribution < 1.29 is 4.42 Å². The fourth-order valence-corrected chi connectivity index (χ4v) is 3.25. The maximum atomic E-state index is 6.34. The van der Waals surface area contributed by atoms with Gasteiger partial charge in [-0.1, -0.05) is 39.0 Å². The van der Waals surface area contributed by atoms with E-state index in [0.29, 0.717) is 6.04 Å². The average molecular weight is 249 g/mol. The molecule has 2 rings (SSSR count). The number of nitrogens with two attached hydrogens (primary N) is 1. The molecule has 0 saturated heterocycles. The summed E-state index contributed by atoms with van der Waals surface area (Å²) in [6.07, 6.45) is 14.1. The summed E-state index contributed by atoms with van der Waals surface area (Å²) in [6.45, 7) is 2.28. The van der Waals surface area contributed by atoms with Gasteiger partial charge in [0, 0.05) is 6.04 Å². The summed E-state index contributed by atoms with van der Waals surface area (Å²) in [7, 11) is 0. The molecular formula is C16H27NO. The SMILES string of the molecule is CCCCC1CCC(C(N)Cc2ccoc2)CC1. The summed E-state index contributed by atoms with van der Waals surface area (Å²) in [4.78, 5) is 0. The highest BCUT2D eigenvalue weighted by Crippen LogP contribution is 2.33. The summed E-state index contributed by atoms with van der Waals surface area (Å²) in [5.41, 5.74) is 7.59. The van der Waals surface area contributed by atoms with Crippen molar-refractivity contribution in [1.29, 1.82) is 0 Å². The van der Waals surface area contributed by atoms with Crippen molar-refractivity contribution in [1.82, 2.24) is 0 Å². The average Bonchev–Trinajstić information content (AvgIpc) is 2.89. The highest BCUT2D eigenvalue weighted by molar-refractivity contribution is 5.07. The minimum atomic E-state index is 0.315. The molecule has 2 N–H and O–H groups in total. The normalized spacial score (nSPS) is 26.1. The van der Waals surface area contributed by atoms with E-state index >= 15 is 0 Å². The zero-order chi connectivity index (χ0) is 12.8. The zero-order valence-corrected chi connectivity index (χ0v) is 11.6. The molecule has 102 valence electrons. The first-order chi connectivity index (χ1) is 8.79. The Morgan fingerprint density at radius 2 is 2.11 bits per heavy atom. The summed E-state index contributed by atoms with van der Waals surface area (Å²) in [6, 6.07) is 2.35. The van der Waals surface area contributed by atoms with E-state index in [-0.39, 0.29) is 0 Å². The quantitative estimate of drug-likeness (QED) is 0.822. The van der Waals surface area contributed by atoms with Gasteiger partial charge >= 0.3 is 0 Å². The van der Waals surface area contributed by atoms with Gasteiger partial charge in [-0.3, -0.25) is 0 Å². The van der Waals surface area contributed by atoms with Gasteiger partial charge in [0.15, 0.2) is 0 Å². The monoisotopic (exact) mass is 249 g/mol. The van der Waals surface area contributed by atoms with Crippen LogP contribution in [0.1, 0.15) is 57.4 Å². The molecule has 2 nitrogen and oxygen atoms in total. The van der Waals surface area contributed by atoms with Gasteiger partial charge in [0.05, 0.1) is 12.5 Å². The van der Waals surface area contributed by atoms with Crippen LogP contribution < -0.4 is 5.73 Å². The summed E-state index contributed by atoms with van der Waals surface area (Å²) in [5.74, 6) is 1.69. The fraction of sp³-hybridized carbons (Fsp3) is 0.750. The van der Waals surface area contributed by atoms with E-state index < -0.39 is 0 Å². The second-order valence-electron chi connectivity index (χ2n) is 5.92. The molecule has 0 bridgehead atoms.